The molecule has 0 radical (unpaired) electrons. The molecule has 1 aliphatic heterocycles. The summed E-state index contributed by atoms with van der Waals surface area (Å²) in [6, 6.07) is 8.85. The summed E-state index contributed by atoms with van der Waals surface area (Å²) < 4.78 is 32.9. The molecule has 0 saturated heterocycles. The Morgan fingerprint density at radius 3 is 2.50 bits per heavy atom. The molecule has 1 aliphatic rings. The Bertz CT molecular complexity index is 1660. The van der Waals surface area contributed by atoms with Gasteiger partial charge in [-0.05, 0) is 62.2 Å². The molecular formula is C29H36FN6O3P. The van der Waals surface area contributed by atoms with E-state index in [1.54, 1.807) is 71.4 Å². The molecule has 3 heterocycles. The fourth-order valence-electron chi connectivity index (χ4n) is 5.63. The van der Waals surface area contributed by atoms with Crippen LogP contribution in [0.2, 0.25) is 0 Å². The summed E-state index contributed by atoms with van der Waals surface area (Å²) in [5.41, 5.74) is 4.53. The highest BCUT2D eigenvalue weighted by atomic mass is 31.2. The maximum atomic E-state index is 14.5. The molecule has 0 spiro atoms. The van der Waals surface area contributed by atoms with E-state index in [1.165, 1.54) is 0 Å². The second kappa shape index (κ2) is 10.8. The predicted molar refractivity (Wildman–Crippen MR) is 157 cm³/mol. The van der Waals surface area contributed by atoms with Gasteiger partial charge in [-0.3, -0.25) is 9.13 Å². The zero-order valence-corrected chi connectivity index (χ0v) is 24.4. The van der Waals surface area contributed by atoms with Crippen LogP contribution >= 0.6 is 7.14 Å². The van der Waals surface area contributed by atoms with Crippen molar-refractivity contribution in [3.63, 3.8) is 0 Å². The average molecular weight is 567 g/mol. The van der Waals surface area contributed by atoms with Crippen LogP contribution in [0.5, 0.6) is 0 Å². The molecule has 4 aromatic rings. The predicted octanol–water partition coefficient (Wildman–Crippen LogP) is 3.82. The first-order valence-electron chi connectivity index (χ1n) is 13.6. The summed E-state index contributed by atoms with van der Waals surface area (Å²) in [5, 5.41) is 21.7. The highest BCUT2D eigenvalue weighted by Crippen LogP contribution is 2.45. The van der Waals surface area contributed by atoms with E-state index in [0.29, 0.717) is 51.9 Å². The monoisotopic (exact) mass is 566 g/mol. The lowest BCUT2D eigenvalue weighted by molar-refractivity contribution is 0.319. The van der Waals surface area contributed by atoms with Gasteiger partial charge in [-0.2, -0.15) is 5.10 Å². The van der Waals surface area contributed by atoms with Crippen LogP contribution < -0.4 is 21.6 Å². The fraction of sp³-hybridized carbons (Fsp3) is 0.379. The van der Waals surface area contributed by atoms with Crippen molar-refractivity contribution >= 4 is 18.1 Å². The van der Waals surface area contributed by atoms with Crippen molar-refractivity contribution in [2.45, 2.75) is 40.2 Å². The van der Waals surface area contributed by atoms with Gasteiger partial charge in [0.05, 0.1) is 23.7 Å². The van der Waals surface area contributed by atoms with Crippen LogP contribution in [0, 0.1) is 19.7 Å². The summed E-state index contributed by atoms with van der Waals surface area (Å²) in [6.45, 7) is 7.98. The molecule has 3 N–H and O–H groups in total. The van der Waals surface area contributed by atoms with Crippen LogP contribution in [-0.2, 0) is 11.0 Å². The van der Waals surface area contributed by atoms with E-state index in [9.17, 15) is 18.9 Å². The van der Waals surface area contributed by atoms with Gasteiger partial charge in [0.1, 0.15) is 18.8 Å². The van der Waals surface area contributed by atoms with E-state index >= 15 is 0 Å². The van der Waals surface area contributed by atoms with Crippen molar-refractivity contribution in [3.05, 3.63) is 81.4 Å². The quantitative estimate of drug-likeness (QED) is 0.280. The van der Waals surface area contributed by atoms with Gasteiger partial charge >= 0.3 is 5.69 Å². The fourth-order valence-corrected chi connectivity index (χ4v) is 7.82. The van der Waals surface area contributed by atoms with E-state index in [2.05, 4.69) is 10.6 Å². The molecule has 212 valence electrons. The molecule has 0 fully saturated rings. The van der Waals surface area contributed by atoms with Gasteiger partial charge in [0.25, 0.3) is 0 Å². The number of hydrogen-bond donors (Lipinski definition) is 3. The van der Waals surface area contributed by atoms with E-state index in [-0.39, 0.29) is 30.3 Å². The second-order valence-electron chi connectivity index (χ2n) is 10.3. The van der Waals surface area contributed by atoms with Crippen LogP contribution in [0.1, 0.15) is 42.3 Å². The number of aliphatic hydroxyl groups is 1. The number of aromatic nitrogens is 4. The number of rotatable bonds is 8. The normalized spacial score (nSPS) is 16.5. The molecule has 0 unspecified atom stereocenters. The van der Waals surface area contributed by atoms with Gasteiger partial charge in [-0.25, -0.2) is 13.9 Å². The third-order valence-electron chi connectivity index (χ3n) is 7.83. The first-order valence-corrected chi connectivity index (χ1v) is 15.7. The highest BCUT2D eigenvalue weighted by Gasteiger charge is 2.29. The smallest absolute Gasteiger partial charge is 0.338 e. The second-order valence-corrected chi connectivity index (χ2v) is 13.7. The van der Waals surface area contributed by atoms with Crippen molar-refractivity contribution in [1.29, 1.82) is 0 Å². The Morgan fingerprint density at radius 2 is 1.85 bits per heavy atom. The molecule has 0 aliphatic carbocycles. The number of nitrogens with one attached hydrogen (secondary N) is 2. The van der Waals surface area contributed by atoms with Crippen molar-refractivity contribution in [3.8, 4) is 17.2 Å². The molecule has 0 bridgehead atoms. The molecule has 9 nitrogen and oxygen atoms in total. The molecule has 11 heteroatoms. The lowest BCUT2D eigenvalue weighted by Gasteiger charge is -2.21. The molecule has 5 rings (SSSR count). The summed E-state index contributed by atoms with van der Waals surface area (Å²) in [4.78, 5) is 14.0. The molecule has 2 atom stereocenters. The van der Waals surface area contributed by atoms with Crippen molar-refractivity contribution < 1.29 is 14.1 Å². The Kier molecular flexibility index (Phi) is 7.61. The lowest BCUT2D eigenvalue weighted by Crippen LogP contribution is -2.30. The van der Waals surface area contributed by atoms with Crippen LogP contribution in [0.25, 0.3) is 17.2 Å². The number of aliphatic hydroxyl groups excluding tert-OH is 1. The van der Waals surface area contributed by atoms with Gasteiger partial charge in [-0.1, -0.05) is 6.92 Å². The van der Waals surface area contributed by atoms with Crippen molar-refractivity contribution in [1.82, 2.24) is 24.2 Å². The number of halogens is 1. The van der Waals surface area contributed by atoms with Gasteiger partial charge < -0.3 is 20.3 Å². The first kappa shape index (κ1) is 28.1. The van der Waals surface area contributed by atoms with Crippen LogP contribution in [0.15, 0.2) is 47.5 Å². The number of anilines is 1. The zero-order valence-electron chi connectivity index (χ0n) is 23.5. The zero-order chi connectivity index (χ0) is 28.8. The van der Waals surface area contributed by atoms with Gasteiger partial charge in [0.15, 0.2) is 0 Å². The van der Waals surface area contributed by atoms with Crippen LogP contribution in [0.4, 0.5) is 10.1 Å². The van der Waals surface area contributed by atoms with Gasteiger partial charge in [-0.15, -0.1) is 0 Å². The SMILES string of the molecule is CC[P@@](=O)(CCO)c1ccc(-n2ccn(-c3c4c(nn3-c3cc(C)c(F)c(C)c3)CCN[C@H]4C)c2=O)cc1NC. The number of benzene rings is 2. The highest BCUT2D eigenvalue weighted by molar-refractivity contribution is 7.71. The summed E-state index contributed by atoms with van der Waals surface area (Å²) in [6.07, 6.45) is 4.78. The Balaban J connectivity index is 1.67. The summed E-state index contributed by atoms with van der Waals surface area (Å²) in [5.74, 6) is 0.365. The van der Waals surface area contributed by atoms with Crippen LogP contribution in [-0.4, -0.2) is 56.5 Å². The number of imidazole rings is 1. The minimum Gasteiger partial charge on any atom is -0.396 e. The Labute approximate surface area is 233 Å². The molecule has 2 aromatic carbocycles. The number of fused-ring (bicyclic) bond motifs is 1. The number of nitrogens with zero attached hydrogens (tertiary/aromatic N) is 4. The molecular weight excluding hydrogens is 530 g/mol. The topological polar surface area (TPSA) is 106 Å². The summed E-state index contributed by atoms with van der Waals surface area (Å²) in [7, 11) is -1.04. The van der Waals surface area contributed by atoms with E-state index in [4.69, 9.17) is 5.10 Å². The average Bonchev–Trinajstić information content (AvgIpc) is 3.52. The maximum Gasteiger partial charge on any atom is 0.338 e. The van der Waals surface area contributed by atoms with Crippen molar-refractivity contribution in [2.75, 3.05) is 37.8 Å². The first-order chi connectivity index (χ1) is 19.1. The van der Waals surface area contributed by atoms with E-state index < -0.39 is 7.14 Å². The van der Waals surface area contributed by atoms with Crippen molar-refractivity contribution in [2.24, 2.45) is 0 Å². The van der Waals surface area contributed by atoms with E-state index in [1.807, 2.05) is 19.9 Å². The Hall–Kier alpha value is -3.46. The standard InChI is InChI=1S/C29H36FN6O3P/c1-6-40(39,14-13-37)25-8-7-21(17-24(25)31-5)34-11-12-35(29(34)38)28-26-20(4)32-10-9-23(26)33-36(28)22-15-18(2)27(30)19(3)16-22/h7-8,11-12,15-17,20,31-32,37H,6,9-10,13-14H2,1-5H3/t20-,40+/m0/s1. The molecule has 40 heavy (non-hydrogen) atoms. The van der Waals surface area contributed by atoms with Crippen LogP contribution in [0.3, 0.4) is 0 Å². The molecule has 0 saturated carbocycles. The largest absolute Gasteiger partial charge is 0.396 e. The summed E-state index contributed by atoms with van der Waals surface area (Å²) >= 11 is 0. The van der Waals surface area contributed by atoms with Gasteiger partial charge in [0, 0.05) is 67.3 Å². The Morgan fingerprint density at radius 1 is 1.15 bits per heavy atom. The number of hydrogen-bond acceptors (Lipinski definition) is 6. The molecule has 0 amide bonds. The minimum absolute atomic E-state index is 0.0321. The molecule has 2 aromatic heterocycles. The maximum absolute atomic E-state index is 14.5. The third-order valence-corrected chi connectivity index (χ3v) is 11.0. The third kappa shape index (κ3) is 4.64. The van der Waals surface area contributed by atoms with E-state index in [0.717, 1.165) is 17.8 Å². The lowest BCUT2D eigenvalue weighted by atomic mass is 10.0. The van der Waals surface area contributed by atoms with Gasteiger partial charge in [0.2, 0.25) is 0 Å². The number of aryl methyl sites for hydroxylation is 2. The minimum atomic E-state index is -2.79.